The van der Waals surface area contributed by atoms with E-state index in [1.165, 1.54) is 0 Å². The molecule has 0 aliphatic carbocycles. The van der Waals surface area contributed by atoms with Crippen LogP contribution in [0.1, 0.15) is 30.0 Å². The summed E-state index contributed by atoms with van der Waals surface area (Å²) in [5.74, 6) is 0.100. The Morgan fingerprint density at radius 3 is 2.75 bits per heavy atom. The molecular formula is C15H18ClNO3. The first-order valence-electron chi connectivity index (χ1n) is 6.56. The third-order valence-electron chi connectivity index (χ3n) is 3.32. The van der Waals surface area contributed by atoms with E-state index in [9.17, 15) is 4.79 Å². The zero-order chi connectivity index (χ0) is 14.9. The molecule has 0 aliphatic rings. The maximum Gasteiger partial charge on any atom is 0.290 e. The maximum atomic E-state index is 12.5. The summed E-state index contributed by atoms with van der Waals surface area (Å²) < 4.78 is 5.66. The average Bonchev–Trinajstić information content (AvgIpc) is 2.72. The summed E-state index contributed by atoms with van der Waals surface area (Å²) in [6.07, 6.45) is 0. The monoisotopic (exact) mass is 295 g/mol. The van der Waals surface area contributed by atoms with E-state index >= 15 is 0 Å². The molecule has 1 amide bonds. The summed E-state index contributed by atoms with van der Waals surface area (Å²) in [4.78, 5) is 14.1. The van der Waals surface area contributed by atoms with Crippen molar-refractivity contribution in [3.63, 3.8) is 0 Å². The summed E-state index contributed by atoms with van der Waals surface area (Å²) in [6.45, 7) is 5.86. The number of rotatable bonds is 4. The first-order chi connectivity index (χ1) is 9.45. The molecule has 4 nitrogen and oxygen atoms in total. The molecule has 1 aromatic carbocycles. The van der Waals surface area contributed by atoms with Crippen LogP contribution in [0.25, 0.3) is 11.0 Å². The number of halogens is 1. The van der Waals surface area contributed by atoms with Gasteiger partial charge in [-0.2, -0.15) is 0 Å². The molecule has 0 aliphatic heterocycles. The number of aryl methyl sites for hydroxylation is 1. The van der Waals surface area contributed by atoms with Crippen molar-refractivity contribution >= 4 is 28.5 Å². The zero-order valence-corrected chi connectivity index (χ0v) is 12.6. The molecule has 0 saturated heterocycles. The lowest BCUT2D eigenvalue weighted by Gasteiger charge is -2.25. The molecular weight excluding hydrogens is 278 g/mol. The highest BCUT2D eigenvalue weighted by Gasteiger charge is 2.24. The van der Waals surface area contributed by atoms with Crippen LogP contribution in [0.2, 0.25) is 5.02 Å². The van der Waals surface area contributed by atoms with Gasteiger partial charge in [-0.15, -0.1) is 0 Å². The largest absolute Gasteiger partial charge is 0.451 e. The lowest BCUT2D eigenvalue weighted by molar-refractivity contribution is 0.0634. The maximum absolute atomic E-state index is 12.5. The Morgan fingerprint density at radius 1 is 1.45 bits per heavy atom. The van der Waals surface area contributed by atoms with Gasteiger partial charge < -0.3 is 14.4 Å². The van der Waals surface area contributed by atoms with Crippen LogP contribution in [-0.4, -0.2) is 35.1 Å². The summed E-state index contributed by atoms with van der Waals surface area (Å²) >= 11 is 5.97. The first-order valence-corrected chi connectivity index (χ1v) is 6.94. The number of carbonyl (C=O) groups is 1. The molecule has 0 atom stereocenters. The smallest absolute Gasteiger partial charge is 0.290 e. The van der Waals surface area contributed by atoms with E-state index in [0.717, 1.165) is 10.9 Å². The number of fused-ring (bicyclic) bond motifs is 1. The highest BCUT2D eigenvalue weighted by molar-refractivity contribution is 6.31. The third kappa shape index (κ3) is 2.67. The summed E-state index contributed by atoms with van der Waals surface area (Å²) in [6, 6.07) is 5.27. The number of furan rings is 1. The van der Waals surface area contributed by atoms with Crippen molar-refractivity contribution in [2.45, 2.75) is 26.8 Å². The molecule has 0 fully saturated rings. The number of benzene rings is 1. The minimum absolute atomic E-state index is 0.00847. The SMILES string of the molecule is Cc1c(C(=O)N(CCO)C(C)C)oc2ccc(Cl)cc12. The molecule has 1 N–H and O–H groups in total. The normalized spacial score (nSPS) is 11.3. The highest BCUT2D eigenvalue weighted by Crippen LogP contribution is 2.28. The van der Waals surface area contributed by atoms with Gasteiger partial charge in [-0.25, -0.2) is 0 Å². The van der Waals surface area contributed by atoms with Crippen LogP contribution in [0.15, 0.2) is 22.6 Å². The molecule has 1 heterocycles. The van der Waals surface area contributed by atoms with Crippen molar-refractivity contribution in [3.05, 3.63) is 34.5 Å². The van der Waals surface area contributed by atoms with Crippen molar-refractivity contribution in [1.29, 1.82) is 0 Å². The Morgan fingerprint density at radius 2 is 2.15 bits per heavy atom. The summed E-state index contributed by atoms with van der Waals surface area (Å²) in [7, 11) is 0. The second kappa shape index (κ2) is 5.85. The van der Waals surface area contributed by atoms with Crippen LogP contribution in [0.5, 0.6) is 0 Å². The number of hydrogen-bond donors (Lipinski definition) is 1. The predicted octanol–water partition coefficient (Wildman–Crippen LogP) is 3.24. The van der Waals surface area contributed by atoms with Crippen molar-refractivity contribution in [1.82, 2.24) is 4.90 Å². The Balaban J connectivity index is 2.46. The fourth-order valence-electron chi connectivity index (χ4n) is 2.23. The second-order valence-electron chi connectivity index (χ2n) is 5.01. The molecule has 20 heavy (non-hydrogen) atoms. The lowest BCUT2D eigenvalue weighted by atomic mass is 10.1. The van der Waals surface area contributed by atoms with Gasteiger partial charge in [0, 0.05) is 28.6 Å². The number of hydrogen-bond acceptors (Lipinski definition) is 3. The highest BCUT2D eigenvalue weighted by atomic mass is 35.5. The molecule has 0 unspecified atom stereocenters. The van der Waals surface area contributed by atoms with Gasteiger partial charge in [-0.1, -0.05) is 11.6 Å². The Kier molecular flexibility index (Phi) is 4.35. The topological polar surface area (TPSA) is 53.7 Å². The van der Waals surface area contributed by atoms with E-state index in [-0.39, 0.29) is 25.1 Å². The van der Waals surface area contributed by atoms with E-state index < -0.39 is 0 Å². The lowest BCUT2D eigenvalue weighted by Crippen LogP contribution is -2.39. The van der Waals surface area contributed by atoms with Gasteiger partial charge in [-0.3, -0.25) is 4.79 Å². The van der Waals surface area contributed by atoms with Crippen molar-refractivity contribution in [2.75, 3.05) is 13.2 Å². The van der Waals surface area contributed by atoms with E-state index in [4.69, 9.17) is 21.1 Å². The number of aliphatic hydroxyl groups excluding tert-OH is 1. The van der Waals surface area contributed by atoms with E-state index in [1.54, 1.807) is 23.1 Å². The van der Waals surface area contributed by atoms with Crippen LogP contribution in [0, 0.1) is 6.92 Å². The molecule has 108 valence electrons. The predicted molar refractivity (Wildman–Crippen MR) is 79.2 cm³/mol. The van der Waals surface area contributed by atoms with E-state index in [1.807, 2.05) is 20.8 Å². The number of aliphatic hydroxyl groups is 1. The zero-order valence-electron chi connectivity index (χ0n) is 11.8. The fourth-order valence-corrected chi connectivity index (χ4v) is 2.40. The molecule has 2 rings (SSSR count). The van der Waals surface area contributed by atoms with Crippen LogP contribution in [0.3, 0.4) is 0 Å². The summed E-state index contributed by atoms with van der Waals surface area (Å²) in [5.41, 5.74) is 1.42. The van der Waals surface area contributed by atoms with Crippen LogP contribution in [0.4, 0.5) is 0 Å². The van der Waals surface area contributed by atoms with Gasteiger partial charge in [0.1, 0.15) is 5.58 Å². The molecule has 2 aromatic rings. The van der Waals surface area contributed by atoms with Crippen LogP contribution >= 0.6 is 11.6 Å². The first kappa shape index (κ1) is 14.9. The van der Waals surface area contributed by atoms with Gasteiger partial charge in [0.2, 0.25) is 0 Å². The number of carbonyl (C=O) groups excluding carboxylic acids is 1. The quantitative estimate of drug-likeness (QED) is 0.942. The van der Waals surface area contributed by atoms with Gasteiger partial charge in [0.15, 0.2) is 5.76 Å². The molecule has 0 radical (unpaired) electrons. The minimum Gasteiger partial charge on any atom is -0.451 e. The standard InChI is InChI=1S/C15H18ClNO3/c1-9(2)17(6-7-18)15(19)14-10(3)12-8-11(16)4-5-13(12)20-14/h4-5,8-9,18H,6-7H2,1-3H3. The Hall–Kier alpha value is -1.52. The Bertz CT molecular complexity index is 633. The van der Waals surface area contributed by atoms with Gasteiger partial charge in [0.25, 0.3) is 5.91 Å². The molecule has 5 heteroatoms. The van der Waals surface area contributed by atoms with Crippen LogP contribution < -0.4 is 0 Å². The number of amides is 1. The van der Waals surface area contributed by atoms with Crippen molar-refractivity contribution < 1.29 is 14.3 Å². The number of nitrogens with zero attached hydrogens (tertiary/aromatic N) is 1. The molecule has 0 spiro atoms. The minimum atomic E-state index is -0.209. The van der Waals surface area contributed by atoms with Gasteiger partial charge in [-0.05, 0) is 39.0 Å². The fraction of sp³-hybridized carbons (Fsp3) is 0.400. The van der Waals surface area contributed by atoms with E-state index in [2.05, 4.69) is 0 Å². The van der Waals surface area contributed by atoms with Gasteiger partial charge in [0.05, 0.1) is 6.61 Å². The molecule has 0 saturated carbocycles. The van der Waals surface area contributed by atoms with Crippen molar-refractivity contribution in [3.8, 4) is 0 Å². The third-order valence-corrected chi connectivity index (χ3v) is 3.55. The molecule has 0 bridgehead atoms. The average molecular weight is 296 g/mol. The van der Waals surface area contributed by atoms with Crippen molar-refractivity contribution in [2.24, 2.45) is 0 Å². The van der Waals surface area contributed by atoms with E-state index in [0.29, 0.717) is 16.4 Å². The van der Waals surface area contributed by atoms with Crippen LogP contribution in [-0.2, 0) is 0 Å². The summed E-state index contributed by atoms with van der Waals surface area (Å²) in [5, 5.41) is 10.5. The van der Waals surface area contributed by atoms with Gasteiger partial charge >= 0.3 is 0 Å². The Labute approximate surface area is 122 Å². The second-order valence-corrected chi connectivity index (χ2v) is 5.45. The molecule has 1 aromatic heterocycles.